The Hall–Kier alpha value is -1.49. The number of hydrogen-bond donors (Lipinski definition) is 1. The normalized spacial score (nSPS) is 25.4. The second kappa shape index (κ2) is 5.95. The van der Waals surface area contributed by atoms with Crippen LogP contribution < -0.4 is 5.32 Å². The van der Waals surface area contributed by atoms with Crippen molar-refractivity contribution in [3.8, 4) is 0 Å². The third-order valence-corrected chi connectivity index (χ3v) is 5.06. The number of carbonyl (C=O) groups is 1. The summed E-state index contributed by atoms with van der Waals surface area (Å²) in [4.78, 5) is 12.5. The lowest BCUT2D eigenvalue weighted by Crippen LogP contribution is -2.47. The molecule has 2 atom stereocenters. The van der Waals surface area contributed by atoms with E-state index in [1.165, 1.54) is 6.07 Å². The smallest absolute Gasteiger partial charge is 0.226 e. The molecule has 0 bridgehead atoms. The first kappa shape index (κ1) is 15.4. The number of ether oxygens (including phenoxy) is 1. The molecule has 2 saturated carbocycles. The highest BCUT2D eigenvalue weighted by Gasteiger charge is 2.48. The van der Waals surface area contributed by atoms with Crippen LogP contribution in [-0.4, -0.2) is 25.7 Å². The number of nitrogens with one attached hydrogen (secondary N) is 1. The van der Waals surface area contributed by atoms with Gasteiger partial charge in [-0.05, 0) is 37.3 Å². The molecule has 0 radical (unpaired) electrons. The second-order valence-corrected chi connectivity index (χ2v) is 6.44. The number of amides is 1. The van der Waals surface area contributed by atoms with Crippen LogP contribution in [0.25, 0.3) is 0 Å². The summed E-state index contributed by atoms with van der Waals surface area (Å²) >= 11 is 0. The zero-order chi connectivity index (χ0) is 15.7. The molecule has 3 nitrogen and oxygen atoms in total. The van der Waals surface area contributed by atoms with Gasteiger partial charge < -0.3 is 10.1 Å². The molecule has 2 fully saturated rings. The van der Waals surface area contributed by atoms with Gasteiger partial charge >= 0.3 is 0 Å². The number of hydrogen-bond acceptors (Lipinski definition) is 2. The fourth-order valence-electron chi connectivity index (χ4n) is 3.32. The molecule has 1 aromatic carbocycles. The Bertz CT molecular complexity index is 572. The van der Waals surface area contributed by atoms with Crippen LogP contribution in [0.15, 0.2) is 18.2 Å². The highest BCUT2D eigenvalue weighted by atomic mass is 19.2. The van der Waals surface area contributed by atoms with E-state index in [9.17, 15) is 13.6 Å². The van der Waals surface area contributed by atoms with Gasteiger partial charge in [-0.3, -0.25) is 4.79 Å². The Labute approximate surface area is 129 Å². The number of methoxy groups -OCH3 is 1. The molecule has 5 heteroatoms. The topological polar surface area (TPSA) is 38.3 Å². The first-order chi connectivity index (χ1) is 10.6. The molecule has 120 valence electrons. The predicted octanol–water partition coefficient (Wildman–Crippen LogP) is 3.14. The average molecular weight is 309 g/mol. The third kappa shape index (κ3) is 2.74. The molecule has 0 aliphatic heterocycles. The summed E-state index contributed by atoms with van der Waals surface area (Å²) in [5.41, 5.74) is 0.0498. The fraction of sp³-hybridized carbons (Fsp3) is 0.588. The molecule has 2 aliphatic rings. The van der Waals surface area contributed by atoms with Gasteiger partial charge in [0.1, 0.15) is 0 Å². The predicted molar refractivity (Wildman–Crippen MR) is 78.4 cm³/mol. The van der Waals surface area contributed by atoms with Crippen molar-refractivity contribution in [2.24, 2.45) is 5.41 Å². The Balaban J connectivity index is 1.61. The lowest BCUT2D eigenvalue weighted by atomic mass is 9.66. The molecule has 1 aromatic rings. The molecule has 0 unspecified atom stereocenters. The number of benzene rings is 1. The Morgan fingerprint density at radius 3 is 2.82 bits per heavy atom. The maximum absolute atomic E-state index is 13.8. The van der Waals surface area contributed by atoms with Crippen molar-refractivity contribution < 1.29 is 18.3 Å². The van der Waals surface area contributed by atoms with Crippen molar-refractivity contribution in [1.82, 2.24) is 5.32 Å². The van der Waals surface area contributed by atoms with Crippen LogP contribution in [0.1, 0.15) is 43.6 Å². The average Bonchev–Trinajstić information content (AvgIpc) is 3.20. The summed E-state index contributed by atoms with van der Waals surface area (Å²) in [6.45, 7) is 0.569. The summed E-state index contributed by atoms with van der Waals surface area (Å²) < 4.78 is 32.1. The second-order valence-electron chi connectivity index (χ2n) is 6.44. The lowest BCUT2D eigenvalue weighted by molar-refractivity contribution is -0.137. The van der Waals surface area contributed by atoms with Crippen LogP contribution in [0, 0.1) is 17.0 Å². The summed E-state index contributed by atoms with van der Waals surface area (Å²) in [7, 11) is 1.63. The zero-order valence-electron chi connectivity index (χ0n) is 12.7. The van der Waals surface area contributed by atoms with Crippen molar-refractivity contribution in [3.05, 3.63) is 35.4 Å². The number of carbonyl (C=O) groups excluding carboxylic acids is 1. The standard InChI is InChI=1S/C17H21F2NO2/c1-22-9-8-17(6-3-7-17)16(21)20-14-10-12(14)11-4-2-5-13(18)15(11)19/h2,4-5,12,14H,3,6-10H2,1H3,(H,20,21)/t12-,14+/m1/s1. The first-order valence-electron chi connectivity index (χ1n) is 7.81. The first-order valence-corrected chi connectivity index (χ1v) is 7.81. The van der Waals surface area contributed by atoms with Gasteiger partial charge in [-0.25, -0.2) is 8.78 Å². The van der Waals surface area contributed by atoms with E-state index in [1.54, 1.807) is 13.2 Å². The largest absolute Gasteiger partial charge is 0.385 e. The Kier molecular flexibility index (Phi) is 4.17. The Morgan fingerprint density at radius 1 is 1.41 bits per heavy atom. The van der Waals surface area contributed by atoms with Crippen molar-refractivity contribution in [1.29, 1.82) is 0 Å². The van der Waals surface area contributed by atoms with Crippen molar-refractivity contribution in [2.75, 3.05) is 13.7 Å². The quantitative estimate of drug-likeness (QED) is 0.876. The molecule has 2 aliphatic carbocycles. The van der Waals surface area contributed by atoms with Gasteiger partial charge in [0.15, 0.2) is 11.6 Å². The maximum atomic E-state index is 13.8. The van der Waals surface area contributed by atoms with E-state index >= 15 is 0 Å². The van der Waals surface area contributed by atoms with E-state index in [1.807, 2.05) is 0 Å². The molecule has 3 rings (SSSR count). The summed E-state index contributed by atoms with van der Waals surface area (Å²) in [6.07, 6.45) is 4.22. The molecule has 0 aromatic heterocycles. The van der Waals surface area contributed by atoms with Crippen LogP contribution >= 0.6 is 0 Å². The van der Waals surface area contributed by atoms with E-state index in [0.29, 0.717) is 18.6 Å². The number of halogens is 2. The van der Waals surface area contributed by atoms with Crippen LogP contribution in [0.5, 0.6) is 0 Å². The molecule has 0 heterocycles. The van der Waals surface area contributed by atoms with E-state index in [-0.39, 0.29) is 23.3 Å². The minimum Gasteiger partial charge on any atom is -0.385 e. The van der Waals surface area contributed by atoms with Gasteiger partial charge in [-0.15, -0.1) is 0 Å². The van der Waals surface area contributed by atoms with Gasteiger partial charge in [0.05, 0.1) is 5.41 Å². The van der Waals surface area contributed by atoms with E-state index < -0.39 is 11.6 Å². The monoisotopic (exact) mass is 309 g/mol. The van der Waals surface area contributed by atoms with Crippen LogP contribution in [-0.2, 0) is 9.53 Å². The van der Waals surface area contributed by atoms with Crippen LogP contribution in [0.3, 0.4) is 0 Å². The van der Waals surface area contributed by atoms with Gasteiger partial charge in [-0.1, -0.05) is 18.6 Å². The van der Waals surface area contributed by atoms with Gasteiger partial charge in [0, 0.05) is 25.7 Å². The fourth-order valence-corrected chi connectivity index (χ4v) is 3.32. The maximum Gasteiger partial charge on any atom is 0.226 e. The SMILES string of the molecule is COCCC1(C(=O)N[C@H]2C[C@@H]2c2cccc(F)c2F)CCC1. The molecule has 1 amide bonds. The third-order valence-electron chi connectivity index (χ3n) is 5.06. The van der Waals surface area contributed by atoms with Crippen molar-refractivity contribution in [2.45, 2.75) is 44.1 Å². The summed E-state index contributed by atoms with van der Waals surface area (Å²) in [5, 5.41) is 3.02. The van der Waals surface area contributed by atoms with Crippen molar-refractivity contribution >= 4 is 5.91 Å². The molecule has 1 N–H and O–H groups in total. The van der Waals surface area contributed by atoms with Crippen LogP contribution in [0.2, 0.25) is 0 Å². The van der Waals surface area contributed by atoms with Gasteiger partial charge in [0.2, 0.25) is 5.91 Å². The van der Waals surface area contributed by atoms with E-state index in [0.717, 1.165) is 31.7 Å². The minimum atomic E-state index is -0.829. The van der Waals surface area contributed by atoms with Crippen LogP contribution in [0.4, 0.5) is 8.78 Å². The van der Waals surface area contributed by atoms with E-state index in [2.05, 4.69) is 5.32 Å². The van der Waals surface area contributed by atoms with Crippen molar-refractivity contribution in [3.63, 3.8) is 0 Å². The summed E-state index contributed by atoms with van der Waals surface area (Å²) in [5.74, 6) is -1.69. The summed E-state index contributed by atoms with van der Waals surface area (Å²) in [6, 6.07) is 4.14. The van der Waals surface area contributed by atoms with Gasteiger partial charge in [-0.2, -0.15) is 0 Å². The molecule has 0 saturated heterocycles. The highest BCUT2D eigenvalue weighted by Crippen LogP contribution is 2.47. The molecular weight excluding hydrogens is 288 g/mol. The van der Waals surface area contributed by atoms with Gasteiger partial charge in [0.25, 0.3) is 0 Å². The molecule has 0 spiro atoms. The molecular formula is C17H21F2NO2. The van der Waals surface area contributed by atoms with E-state index in [4.69, 9.17) is 4.74 Å². The molecule has 22 heavy (non-hydrogen) atoms. The minimum absolute atomic E-state index is 0.0418. The Morgan fingerprint density at radius 2 is 2.18 bits per heavy atom. The zero-order valence-corrected chi connectivity index (χ0v) is 12.7. The lowest BCUT2D eigenvalue weighted by Gasteiger charge is -2.40. The number of rotatable bonds is 6. The highest BCUT2D eigenvalue weighted by molar-refractivity contribution is 5.84.